The molecule has 0 N–H and O–H groups in total. The lowest BCUT2D eigenvalue weighted by Gasteiger charge is -2.08. The maximum absolute atomic E-state index is 11.2. The first-order chi connectivity index (χ1) is 7.60. The van der Waals surface area contributed by atoms with Crippen molar-refractivity contribution in [1.29, 1.82) is 0 Å². The lowest BCUT2D eigenvalue weighted by atomic mass is 10.3. The minimum absolute atomic E-state index is 0.235. The molecule has 0 amide bonds. The van der Waals surface area contributed by atoms with Crippen molar-refractivity contribution in [2.75, 3.05) is 6.61 Å². The molecular formula is C12H18O4. The summed E-state index contributed by atoms with van der Waals surface area (Å²) in [5, 5.41) is 0. The zero-order valence-electron chi connectivity index (χ0n) is 9.77. The van der Waals surface area contributed by atoms with E-state index in [1.165, 1.54) is 0 Å². The van der Waals surface area contributed by atoms with Crippen LogP contribution in [-0.2, 0) is 19.1 Å². The lowest BCUT2D eigenvalue weighted by Crippen LogP contribution is -2.12. The number of hydrogen-bond donors (Lipinski definition) is 0. The summed E-state index contributed by atoms with van der Waals surface area (Å²) in [5.41, 5.74) is 0. The molecule has 0 saturated carbocycles. The first kappa shape index (κ1) is 14.4. The molecule has 16 heavy (non-hydrogen) atoms. The number of carbonyl (C=O) groups is 2. The van der Waals surface area contributed by atoms with E-state index in [9.17, 15) is 9.59 Å². The van der Waals surface area contributed by atoms with Crippen molar-refractivity contribution in [2.45, 2.75) is 32.8 Å². The molecule has 0 bridgehead atoms. The van der Waals surface area contributed by atoms with Crippen molar-refractivity contribution >= 4 is 11.9 Å². The van der Waals surface area contributed by atoms with Crippen LogP contribution in [0.25, 0.3) is 0 Å². The summed E-state index contributed by atoms with van der Waals surface area (Å²) in [4.78, 5) is 22.1. The predicted molar refractivity (Wildman–Crippen MR) is 60.8 cm³/mol. The maximum atomic E-state index is 11.2. The summed E-state index contributed by atoms with van der Waals surface area (Å²) >= 11 is 0. The third-order valence-electron chi connectivity index (χ3n) is 1.62. The molecule has 0 radical (unpaired) electrons. The standard InChI is InChI=1S/C12H18O4/c1-4-6-10(3)16-12(14)8-7-11(13)15-9-5-2/h4,7-8,10H,1,5-6,9H2,2-3H3/b8-7+. The molecule has 4 nitrogen and oxygen atoms in total. The van der Waals surface area contributed by atoms with Gasteiger partial charge in [-0.05, 0) is 13.3 Å². The minimum Gasteiger partial charge on any atom is -0.463 e. The van der Waals surface area contributed by atoms with E-state index in [1.807, 2.05) is 6.92 Å². The molecule has 4 heteroatoms. The van der Waals surface area contributed by atoms with Crippen LogP contribution in [0.1, 0.15) is 26.7 Å². The van der Waals surface area contributed by atoms with E-state index in [4.69, 9.17) is 9.47 Å². The zero-order valence-corrected chi connectivity index (χ0v) is 9.77. The van der Waals surface area contributed by atoms with E-state index < -0.39 is 11.9 Å². The first-order valence-electron chi connectivity index (χ1n) is 5.26. The van der Waals surface area contributed by atoms with Gasteiger partial charge in [0.25, 0.3) is 0 Å². The van der Waals surface area contributed by atoms with Crippen LogP contribution in [0, 0.1) is 0 Å². The summed E-state index contributed by atoms with van der Waals surface area (Å²) < 4.78 is 9.69. The SMILES string of the molecule is C=CCC(C)OC(=O)/C=C/C(=O)OCCC. The summed E-state index contributed by atoms with van der Waals surface area (Å²) in [6.07, 6.45) is 4.90. The van der Waals surface area contributed by atoms with Crippen LogP contribution >= 0.6 is 0 Å². The average molecular weight is 226 g/mol. The number of rotatable bonds is 7. The van der Waals surface area contributed by atoms with Crippen molar-refractivity contribution in [3.63, 3.8) is 0 Å². The Morgan fingerprint density at radius 1 is 1.31 bits per heavy atom. The Balaban J connectivity index is 3.89. The monoisotopic (exact) mass is 226 g/mol. The van der Waals surface area contributed by atoms with Gasteiger partial charge in [0.05, 0.1) is 6.61 Å². The van der Waals surface area contributed by atoms with Gasteiger partial charge in [-0.3, -0.25) is 0 Å². The average Bonchev–Trinajstić information content (AvgIpc) is 2.23. The van der Waals surface area contributed by atoms with Crippen molar-refractivity contribution in [3.8, 4) is 0 Å². The number of hydrogen-bond acceptors (Lipinski definition) is 4. The Labute approximate surface area is 95.9 Å². The molecule has 0 aliphatic rings. The molecule has 0 saturated heterocycles. The van der Waals surface area contributed by atoms with E-state index >= 15 is 0 Å². The highest BCUT2D eigenvalue weighted by atomic mass is 16.5. The molecule has 0 heterocycles. The lowest BCUT2D eigenvalue weighted by molar-refractivity contribution is -0.143. The molecule has 0 aromatic carbocycles. The molecule has 0 aliphatic carbocycles. The van der Waals surface area contributed by atoms with Crippen LogP contribution in [0.3, 0.4) is 0 Å². The smallest absolute Gasteiger partial charge is 0.331 e. The van der Waals surface area contributed by atoms with Gasteiger partial charge in [-0.2, -0.15) is 0 Å². The van der Waals surface area contributed by atoms with Crippen LogP contribution < -0.4 is 0 Å². The van der Waals surface area contributed by atoms with E-state index in [1.54, 1.807) is 13.0 Å². The fourth-order valence-electron chi connectivity index (χ4n) is 0.907. The molecule has 0 spiro atoms. The molecule has 0 aromatic rings. The molecule has 0 aromatic heterocycles. The second-order valence-corrected chi connectivity index (χ2v) is 3.27. The van der Waals surface area contributed by atoms with Crippen molar-refractivity contribution < 1.29 is 19.1 Å². The van der Waals surface area contributed by atoms with Crippen LogP contribution in [0.15, 0.2) is 24.8 Å². The highest BCUT2D eigenvalue weighted by molar-refractivity contribution is 5.91. The van der Waals surface area contributed by atoms with E-state index in [2.05, 4.69) is 6.58 Å². The quantitative estimate of drug-likeness (QED) is 0.378. The van der Waals surface area contributed by atoms with Gasteiger partial charge in [0, 0.05) is 18.6 Å². The van der Waals surface area contributed by atoms with Gasteiger partial charge in [-0.1, -0.05) is 13.0 Å². The van der Waals surface area contributed by atoms with Crippen LogP contribution in [0.5, 0.6) is 0 Å². The second-order valence-electron chi connectivity index (χ2n) is 3.27. The Hall–Kier alpha value is -1.58. The van der Waals surface area contributed by atoms with Gasteiger partial charge in [-0.25, -0.2) is 9.59 Å². The zero-order chi connectivity index (χ0) is 12.4. The molecule has 0 fully saturated rings. The summed E-state index contributed by atoms with van der Waals surface area (Å²) in [7, 11) is 0. The summed E-state index contributed by atoms with van der Waals surface area (Å²) in [6.45, 7) is 7.53. The summed E-state index contributed by atoms with van der Waals surface area (Å²) in [6, 6.07) is 0. The number of esters is 2. The van der Waals surface area contributed by atoms with Crippen LogP contribution in [-0.4, -0.2) is 24.6 Å². The molecule has 90 valence electrons. The fraction of sp³-hybridized carbons (Fsp3) is 0.500. The van der Waals surface area contributed by atoms with Gasteiger partial charge in [-0.15, -0.1) is 6.58 Å². The largest absolute Gasteiger partial charge is 0.463 e. The third kappa shape index (κ3) is 7.79. The topological polar surface area (TPSA) is 52.6 Å². The van der Waals surface area contributed by atoms with Crippen molar-refractivity contribution in [3.05, 3.63) is 24.8 Å². The van der Waals surface area contributed by atoms with Gasteiger partial charge < -0.3 is 9.47 Å². The predicted octanol–water partition coefficient (Wildman–Crippen LogP) is 2.00. The van der Waals surface area contributed by atoms with Crippen LogP contribution in [0.2, 0.25) is 0 Å². The molecule has 0 aliphatic heterocycles. The van der Waals surface area contributed by atoms with E-state index in [0.29, 0.717) is 13.0 Å². The van der Waals surface area contributed by atoms with E-state index in [0.717, 1.165) is 18.6 Å². The fourth-order valence-corrected chi connectivity index (χ4v) is 0.907. The first-order valence-corrected chi connectivity index (χ1v) is 5.26. The van der Waals surface area contributed by atoms with Crippen molar-refractivity contribution in [2.24, 2.45) is 0 Å². The van der Waals surface area contributed by atoms with Gasteiger partial charge in [0.1, 0.15) is 6.10 Å². The molecular weight excluding hydrogens is 208 g/mol. The van der Waals surface area contributed by atoms with Crippen LogP contribution in [0.4, 0.5) is 0 Å². The number of carbonyl (C=O) groups excluding carboxylic acids is 2. The Kier molecular flexibility index (Phi) is 7.85. The Morgan fingerprint density at radius 2 is 1.94 bits per heavy atom. The molecule has 0 rings (SSSR count). The highest BCUT2D eigenvalue weighted by Crippen LogP contribution is 1.98. The molecule has 1 atom stereocenters. The van der Waals surface area contributed by atoms with Gasteiger partial charge in [0.2, 0.25) is 0 Å². The van der Waals surface area contributed by atoms with E-state index in [-0.39, 0.29) is 6.10 Å². The van der Waals surface area contributed by atoms with Gasteiger partial charge in [0.15, 0.2) is 0 Å². The second kappa shape index (κ2) is 8.71. The highest BCUT2D eigenvalue weighted by Gasteiger charge is 2.05. The normalized spacial score (nSPS) is 12.1. The minimum atomic E-state index is -0.553. The summed E-state index contributed by atoms with van der Waals surface area (Å²) in [5.74, 6) is -1.09. The molecule has 1 unspecified atom stereocenters. The maximum Gasteiger partial charge on any atom is 0.331 e. The van der Waals surface area contributed by atoms with Gasteiger partial charge >= 0.3 is 11.9 Å². The van der Waals surface area contributed by atoms with Crippen molar-refractivity contribution in [1.82, 2.24) is 0 Å². The Morgan fingerprint density at radius 3 is 2.50 bits per heavy atom. The Bertz CT molecular complexity index is 268. The number of ether oxygens (including phenoxy) is 2. The third-order valence-corrected chi connectivity index (χ3v) is 1.62.